The van der Waals surface area contributed by atoms with Crippen LogP contribution in [0.15, 0.2) is 60.8 Å². The van der Waals surface area contributed by atoms with E-state index >= 15 is 0 Å². The van der Waals surface area contributed by atoms with Crippen molar-refractivity contribution >= 4 is 22.6 Å². The van der Waals surface area contributed by atoms with Gasteiger partial charge in [0.25, 0.3) is 0 Å². The van der Waals surface area contributed by atoms with Crippen molar-refractivity contribution in [2.75, 3.05) is 0 Å². The Balaban J connectivity index is 1.58. The van der Waals surface area contributed by atoms with Crippen LogP contribution in [0.25, 0.3) is 10.9 Å². The van der Waals surface area contributed by atoms with Crippen molar-refractivity contribution in [3.05, 3.63) is 71.9 Å². The lowest BCUT2D eigenvalue weighted by molar-refractivity contribution is -0.131. The number of aryl methyl sites for hydroxylation is 1. The van der Waals surface area contributed by atoms with E-state index in [2.05, 4.69) is 10.3 Å². The molecule has 0 unspecified atom stereocenters. The third kappa shape index (κ3) is 3.98. The van der Waals surface area contributed by atoms with Gasteiger partial charge in [0.15, 0.2) is 11.7 Å². The fraction of sp³-hybridized carbons (Fsp3) is 0.190. The number of H-pyrrole nitrogens is 1. The first-order chi connectivity index (χ1) is 12.7. The number of ketones is 1. The van der Waals surface area contributed by atoms with E-state index in [1.165, 1.54) is 0 Å². The van der Waals surface area contributed by atoms with E-state index < -0.39 is 11.8 Å². The van der Waals surface area contributed by atoms with Crippen LogP contribution >= 0.6 is 0 Å². The molecule has 130 valence electrons. The number of nitrogens with one attached hydrogen (secondary N) is 2. The lowest BCUT2D eigenvalue weighted by Gasteiger charge is -2.09. The second kappa shape index (κ2) is 8.13. The van der Waals surface area contributed by atoms with Crippen LogP contribution in [0.4, 0.5) is 0 Å². The number of aromatic amines is 1. The predicted octanol–water partition coefficient (Wildman–Crippen LogP) is 3.13. The number of hydrogen-bond acceptors (Lipinski definition) is 3. The molecule has 5 nitrogen and oxygen atoms in total. The Morgan fingerprint density at radius 2 is 1.81 bits per heavy atom. The molecule has 3 rings (SSSR count). The topological polar surface area (TPSA) is 85.8 Å². The van der Waals surface area contributed by atoms with E-state index in [0.717, 1.165) is 22.0 Å². The number of nitrogens with zero attached hydrogens (tertiary/aromatic N) is 1. The smallest absolute Gasteiger partial charge is 0.245 e. The Bertz CT molecular complexity index is 954. The maximum Gasteiger partial charge on any atom is 0.245 e. The molecule has 0 saturated heterocycles. The van der Waals surface area contributed by atoms with Gasteiger partial charge in [0, 0.05) is 30.1 Å². The van der Waals surface area contributed by atoms with Gasteiger partial charge < -0.3 is 10.3 Å². The van der Waals surface area contributed by atoms with Crippen LogP contribution in [0.3, 0.4) is 0 Å². The Labute approximate surface area is 151 Å². The molecule has 1 amide bonds. The molecular weight excluding hydrogens is 326 g/mol. The summed E-state index contributed by atoms with van der Waals surface area (Å²) in [7, 11) is 0. The zero-order chi connectivity index (χ0) is 18.4. The van der Waals surface area contributed by atoms with Gasteiger partial charge in [-0.05, 0) is 23.6 Å². The van der Waals surface area contributed by atoms with Crippen molar-refractivity contribution in [3.63, 3.8) is 0 Å². The van der Waals surface area contributed by atoms with Crippen LogP contribution in [0, 0.1) is 17.2 Å². The molecule has 0 radical (unpaired) electrons. The SMILES string of the molecule is N#C[C@H](C(=O)CCc1c[nH]c2ccccc12)C(=O)NCc1ccccc1. The minimum Gasteiger partial charge on any atom is -0.361 e. The van der Waals surface area contributed by atoms with E-state index in [4.69, 9.17) is 0 Å². The molecule has 1 atom stereocenters. The number of fused-ring (bicyclic) bond motifs is 1. The number of benzene rings is 2. The maximum absolute atomic E-state index is 12.4. The number of rotatable bonds is 7. The molecule has 3 aromatic rings. The number of nitriles is 1. The van der Waals surface area contributed by atoms with Crippen LogP contribution < -0.4 is 5.32 Å². The van der Waals surface area contributed by atoms with Gasteiger partial charge in [0.05, 0.1) is 6.07 Å². The number of para-hydroxylation sites is 1. The zero-order valence-corrected chi connectivity index (χ0v) is 14.2. The number of Topliss-reactive ketones (excluding diaryl/α,β-unsaturated/α-hetero) is 1. The summed E-state index contributed by atoms with van der Waals surface area (Å²) in [5.41, 5.74) is 2.94. The van der Waals surface area contributed by atoms with Crippen LogP contribution in [-0.2, 0) is 22.6 Å². The zero-order valence-electron chi connectivity index (χ0n) is 14.2. The molecule has 5 heteroatoms. The quantitative estimate of drug-likeness (QED) is 0.645. The molecule has 0 aliphatic heterocycles. The number of hydrogen-bond donors (Lipinski definition) is 2. The fourth-order valence-corrected chi connectivity index (χ4v) is 2.90. The summed E-state index contributed by atoms with van der Waals surface area (Å²) in [4.78, 5) is 27.7. The second-order valence-corrected chi connectivity index (χ2v) is 6.09. The Morgan fingerprint density at radius 3 is 2.58 bits per heavy atom. The molecule has 1 heterocycles. The third-order valence-electron chi connectivity index (χ3n) is 4.34. The highest BCUT2D eigenvalue weighted by molar-refractivity contribution is 6.04. The highest BCUT2D eigenvalue weighted by atomic mass is 16.2. The van der Waals surface area contributed by atoms with Crippen LogP contribution in [0.5, 0.6) is 0 Å². The van der Waals surface area contributed by atoms with Crippen LogP contribution in [0.1, 0.15) is 17.5 Å². The van der Waals surface area contributed by atoms with Gasteiger partial charge in [-0.15, -0.1) is 0 Å². The maximum atomic E-state index is 12.4. The third-order valence-corrected chi connectivity index (χ3v) is 4.34. The molecule has 0 saturated carbocycles. The first kappa shape index (κ1) is 17.4. The highest BCUT2D eigenvalue weighted by Gasteiger charge is 2.25. The Hall–Kier alpha value is -3.39. The summed E-state index contributed by atoms with van der Waals surface area (Å²) in [6, 6.07) is 19.1. The van der Waals surface area contributed by atoms with Crippen molar-refractivity contribution < 1.29 is 9.59 Å². The second-order valence-electron chi connectivity index (χ2n) is 6.09. The molecule has 2 N–H and O–H groups in total. The van der Waals surface area contributed by atoms with Crippen molar-refractivity contribution in [1.82, 2.24) is 10.3 Å². The normalized spacial score (nSPS) is 11.7. The average Bonchev–Trinajstić information content (AvgIpc) is 3.09. The molecule has 0 aliphatic rings. The van der Waals surface area contributed by atoms with Crippen molar-refractivity contribution in [1.29, 1.82) is 5.26 Å². The van der Waals surface area contributed by atoms with Crippen molar-refractivity contribution in [2.24, 2.45) is 5.92 Å². The first-order valence-corrected chi connectivity index (χ1v) is 8.48. The Morgan fingerprint density at radius 1 is 1.08 bits per heavy atom. The number of carbonyl (C=O) groups excluding carboxylic acids is 2. The lowest BCUT2D eigenvalue weighted by Crippen LogP contribution is -2.34. The van der Waals surface area contributed by atoms with E-state index in [-0.39, 0.29) is 12.2 Å². The molecule has 0 aliphatic carbocycles. The van der Waals surface area contributed by atoms with Gasteiger partial charge in [-0.2, -0.15) is 5.26 Å². The highest BCUT2D eigenvalue weighted by Crippen LogP contribution is 2.19. The van der Waals surface area contributed by atoms with Crippen LogP contribution in [0.2, 0.25) is 0 Å². The van der Waals surface area contributed by atoms with Gasteiger partial charge in [0.1, 0.15) is 0 Å². The first-order valence-electron chi connectivity index (χ1n) is 8.48. The largest absolute Gasteiger partial charge is 0.361 e. The van der Waals surface area contributed by atoms with Gasteiger partial charge in [-0.3, -0.25) is 9.59 Å². The van der Waals surface area contributed by atoms with E-state index in [9.17, 15) is 14.9 Å². The molecule has 0 fully saturated rings. The summed E-state index contributed by atoms with van der Waals surface area (Å²) in [5, 5.41) is 13.0. The van der Waals surface area contributed by atoms with Gasteiger partial charge in [-0.25, -0.2) is 0 Å². The van der Waals surface area contributed by atoms with E-state index in [1.807, 2.05) is 66.9 Å². The minimum atomic E-state index is -1.27. The molecule has 0 spiro atoms. The molecule has 2 aromatic carbocycles. The minimum absolute atomic E-state index is 0.152. The molecule has 26 heavy (non-hydrogen) atoms. The van der Waals surface area contributed by atoms with Gasteiger partial charge in [-0.1, -0.05) is 48.5 Å². The summed E-state index contributed by atoms with van der Waals surface area (Å²) >= 11 is 0. The predicted molar refractivity (Wildman–Crippen MR) is 99.0 cm³/mol. The van der Waals surface area contributed by atoms with Gasteiger partial charge >= 0.3 is 0 Å². The summed E-state index contributed by atoms with van der Waals surface area (Å²) < 4.78 is 0. The monoisotopic (exact) mass is 345 g/mol. The number of carbonyl (C=O) groups is 2. The van der Waals surface area contributed by atoms with E-state index in [1.54, 1.807) is 0 Å². The number of amides is 1. The van der Waals surface area contributed by atoms with E-state index in [0.29, 0.717) is 13.0 Å². The van der Waals surface area contributed by atoms with Crippen LogP contribution in [-0.4, -0.2) is 16.7 Å². The van der Waals surface area contributed by atoms with Gasteiger partial charge in [0.2, 0.25) is 5.91 Å². The van der Waals surface area contributed by atoms with Crippen molar-refractivity contribution in [3.8, 4) is 6.07 Å². The fourth-order valence-electron chi connectivity index (χ4n) is 2.90. The lowest BCUT2D eigenvalue weighted by atomic mass is 9.98. The molecule has 1 aromatic heterocycles. The summed E-state index contributed by atoms with van der Waals surface area (Å²) in [5.74, 6) is -2.17. The summed E-state index contributed by atoms with van der Waals surface area (Å²) in [6.07, 6.45) is 2.51. The standard InChI is InChI=1S/C21H19N3O2/c22-12-18(21(26)24-13-15-6-2-1-3-7-15)20(25)11-10-16-14-23-19-9-5-4-8-17(16)19/h1-9,14,18,23H,10-11,13H2,(H,24,26)/t18-/m1/s1. The number of aromatic nitrogens is 1. The molecule has 0 bridgehead atoms. The summed E-state index contributed by atoms with van der Waals surface area (Å²) in [6.45, 7) is 0.299. The molecular formula is C21H19N3O2. The average molecular weight is 345 g/mol. The Kier molecular flexibility index (Phi) is 5.45. The van der Waals surface area contributed by atoms with Crippen molar-refractivity contribution in [2.45, 2.75) is 19.4 Å².